The molecule has 11 aromatic rings. The van der Waals surface area contributed by atoms with Crippen molar-refractivity contribution in [3.05, 3.63) is 176 Å². The van der Waals surface area contributed by atoms with Crippen LogP contribution in [0.5, 0.6) is 0 Å². The largest absolute Gasteiger partial charge is 0.456 e. The number of benzene rings is 7. The van der Waals surface area contributed by atoms with Crippen LogP contribution < -0.4 is 9.80 Å². The number of pyridine rings is 1. The highest BCUT2D eigenvalue weighted by Crippen LogP contribution is 2.42. The minimum absolute atomic E-state index is 0.565. The van der Waals surface area contributed by atoms with Crippen LogP contribution in [0.4, 0.5) is 34.3 Å². The van der Waals surface area contributed by atoms with E-state index >= 15 is 0 Å². The smallest absolute Gasteiger partial charge is 0.229 e. The molecule has 0 spiro atoms. The van der Waals surface area contributed by atoms with Crippen molar-refractivity contribution in [1.29, 1.82) is 0 Å². The fourth-order valence-electron chi connectivity index (χ4n) is 7.62. The van der Waals surface area contributed by atoms with E-state index < -0.39 is 0 Å². The van der Waals surface area contributed by atoms with Gasteiger partial charge in [-0.25, -0.2) is 0 Å². The standard InChI is InChI=1S/C47H29N3O3/c1-3-11-30(12-4-1)49(32-19-22-37-35-15-7-9-17-41(35)51-43(37)27-32)33-20-24-39-40-25-26-46(48-47(40)53-45(39)28-33)50(31-13-5-2-6-14-31)34-21-23-38-36-16-8-10-18-42(36)52-44(38)29-34/h1-29H. The van der Waals surface area contributed by atoms with Crippen LogP contribution in [-0.2, 0) is 0 Å². The molecule has 0 atom stereocenters. The molecule has 0 amide bonds. The topological polar surface area (TPSA) is 58.8 Å². The van der Waals surface area contributed by atoms with E-state index in [0.717, 1.165) is 94.5 Å². The van der Waals surface area contributed by atoms with Crippen LogP contribution >= 0.6 is 0 Å². The lowest BCUT2D eigenvalue weighted by Crippen LogP contribution is -2.11. The van der Waals surface area contributed by atoms with Crippen molar-refractivity contribution in [1.82, 2.24) is 4.98 Å². The Morgan fingerprint density at radius 3 is 1.28 bits per heavy atom. The summed E-state index contributed by atoms with van der Waals surface area (Å²) in [7, 11) is 0. The number of anilines is 6. The average Bonchev–Trinajstić information content (AvgIpc) is 3.89. The van der Waals surface area contributed by atoms with Gasteiger partial charge in [-0.15, -0.1) is 0 Å². The number of nitrogens with zero attached hydrogens (tertiary/aromatic N) is 3. The predicted molar refractivity (Wildman–Crippen MR) is 215 cm³/mol. The van der Waals surface area contributed by atoms with Crippen molar-refractivity contribution in [3.63, 3.8) is 0 Å². The number of hydrogen-bond acceptors (Lipinski definition) is 6. The number of aromatic nitrogens is 1. The van der Waals surface area contributed by atoms with Crippen molar-refractivity contribution < 1.29 is 13.3 Å². The Balaban J connectivity index is 1.03. The summed E-state index contributed by atoms with van der Waals surface area (Å²) in [6.07, 6.45) is 0. The molecule has 0 fully saturated rings. The van der Waals surface area contributed by atoms with Crippen LogP contribution in [0.15, 0.2) is 189 Å². The summed E-state index contributed by atoms with van der Waals surface area (Å²) in [5.74, 6) is 0.739. The molecule has 0 N–H and O–H groups in total. The third-order valence-electron chi connectivity index (χ3n) is 10.1. The maximum atomic E-state index is 6.60. The second-order valence-corrected chi connectivity index (χ2v) is 13.2. The van der Waals surface area contributed by atoms with Crippen LogP contribution in [0.1, 0.15) is 0 Å². The van der Waals surface area contributed by atoms with Gasteiger partial charge < -0.3 is 18.2 Å². The Labute approximate surface area is 303 Å². The first-order valence-corrected chi connectivity index (χ1v) is 17.6. The maximum absolute atomic E-state index is 6.60. The minimum atomic E-state index is 0.565. The molecule has 53 heavy (non-hydrogen) atoms. The monoisotopic (exact) mass is 683 g/mol. The molecule has 0 aliphatic rings. The van der Waals surface area contributed by atoms with Crippen molar-refractivity contribution in [3.8, 4) is 0 Å². The minimum Gasteiger partial charge on any atom is -0.456 e. The van der Waals surface area contributed by atoms with Gasteiger partial charge in [0.25, 0.3) is 0 Å². The molecule has 4 aromatic heterocycles. The predicted octanol–water partition coefficient (Wildman–Crippen LogP) is 13.7. The highest BCUT2D eigenvalue weighted by atomic mass is 16.3. The Morgan fingerprint density at radius 2 is 0.717 bits per heavy atom. The van der Waals surface area contributed by atoms with Gasteiger partial charge >= 0.3 is 0 Å². The fourth-order valence-corrected chi connectivity index (χ4v) is 7.62. The molecular weight excluding hydrogens is 655 g/mol. The summed E-state index contributed by atoms with van der Waals surface area (Å²) in [6, 6.07) is 60.1. The molecule has 6 nitrogen and oxygen atoms in total. The van der Waals surface area contributed by atoms with E-state index in [-0.39, 0.29) is 0 Å². The number of para-hydroxylation sites is 4. The Hall–Kier alpha value is -7.31. The summed E-state index contributed by atoms with van der Waals surface area (Å²) in [6.45, 7) is 0. The number of rotatable bonds is 6. The third-order valence-corrected chi connectivity index (χ3v) is 10.1. The van der Waals surface area contributed by atoms with Crippen LogP contribution in [0.2, 0.25) is 0 Å². The quantitative estimate of drug-likeness (QED) is 0.174. The zero-order chi connectivity index (χ0) is 34.9. The molecule has 250 valence electrons. The number of fused-ring (bicyclic) bond motifs is 9. The summed E-state index contributed by atoms with van der Waals surface area (Å²) < 4.78 is 19.2. The number of furan rings is 3. The normalized spacial score (nSPS) is 11.8. The van der Waals surface area contributed by atoms with Crippen molar-refractivity contribution in [2.45, 2.75) is 0 Å². The SMILES string of the molecule is c1ccc(N(c2ccc3c(c2)oc2ccccc23)c2ccc3c(c2)oc2nc(N(c4ccccc4)c4ccc5c(c4)oc4ccccc45)ccc23)cc1. The van der Waals surface area contributed by atoms with Gasteiger partial charge in [-0.2, -0.15) is 4.98 Å². The molecule has 7 aromatic carbocycles. The van der Waals surface area contributed by atoms with E-state index in [9.17, 15) is 0 Å². The third kappa shape index (κ3) is 4.77. The van der Waals surface area contributed by atoms with Crippen LogP contribution in [0.3, 0.4) is 0 Å². The second-order valence-electron chi connectivity index (χ2n) is 13.2. The first-order valence-electron chi connectivity index (χ1n) is 17.6. The van der Waals surface area contributed by atoms with Crippen molar-refractivity contribution >= 4 is 100 Å². The maximum Gasteiger partial charge on any atom is 0.229 e. The molecule has 0 radical (unpaired) electrons. The second kappa shape index (κ2) is 11.6. The van der Waals surface area contributed by atoms with E-state index in [2.05, 4.69) is 125 Å². The van der Waals surface area contributed by atoms with Crippen molar-refractivity contribution in [2.24, 2.45) is 0 Å². The summed E-state index contributed by atoms with van der Waals surface area (Å²) in [5, 5.41) is 6.33. The molecule has 0 saturated heterocycles. The Kier molecular flexibility index (Phi) is 6.45. The van der Waals surface area contributed by atoms with E-state index in [1.54, 1.807) is 0 Å². The average molecular weight is 684 g/mol. The molecular formula is C47H29N3O3. The Morgan fingerprint density at radius 1 is 0.302 bits per heavy atom. The van der Waals surface area contributed by atoms with Gasteiger partial charge in [0.1, 0.15) is 33.7 Å². The zero-order valence-corrected chi connectivity index (χ0v) is 28.3. The number of hydrogen-bond donors (Lipinski definition) is 0. The van der Waals surface area contributed by atoms with Crippen LogP contribution in [-0.4, -0.2) is 4.98 Å². The summed E-state index contributed by atoms with van der Waals surface area (Å²) in [5.41, 5.74) is 9.62. The van der Waals surface area contributed by atoms with Crippen molar-refractivity contribution in [2.75, 3.05) is 9.80 Å². The Bertz CT molecular complexity index is 2930. The van der Waals surface area contributed by atoms with Gasteiger partial charge in [0.2, 0.25) is 5.71 Å². The van der Waals surface area contributed by atoms with Crippen LogP contribution in [0.25, 0.3) is 65.9 Å². The van der Waals surface area contributed by atoms with Gasteiger partial charge in [-0.3, -0.25) is 4.90 Å². The lowest BCUT2D eigenvalue weighted by molar-refractivity contribution is 0.654. The van der Waals surface area contributed by atoms with Gasteiger partial charge in [0.05, 0.1) is 5.69 Å². The molecule has 4 heterocycles. The molecule has 0 bridgehead atoms. The summed E-state index contributed by atoms with van der Waals surface area (Å²) >= 11 is 0. The first kappa shape index (κ1) is 29.4. The first-order chi connectivity index (χ1) is 26.2. The highest BCUT2D eigenvalue weighted by Gasteiger charge is 2.20. The lowest BCUT2D eigenvalue weighted by Gasteiger charge is -2.25. The van der Waals surface area contributed by atoms with Gasteiger partial charge in [0.15, 0.2) is 0 Å². The lowest BCUT2D eigenvalue weighted by atomic mass is 10.1. The van der Waals surface area contributed by atoms with E-state index in [1.807, 2.05) is 60.7 Å². The molecule has 0 aliphatic heterocycles. The summed E-state index contributed by atoms with van der Waals surface area (Å²) in [4.78, 5) is 9.50. The molecule has 11 rings (SSSR count). The van der Waals surface area contributed by atoms with Crippen LogP contribution in [0, 0.1) is 0 Å². The van der Waals surface area contributed by atoms with Gasteiger partial charge in [0, 0.05) is 73.3 Å². The molecule has 0 unspecified atom stereocenters. The highest BCUT2D eigenvalue weighted by molar-refractivity contribution is 6.08. The van der Waals surface area contributed by atoms with E-state index in [0.29, 0.717) is 5.71 Å². The van der Waals surface area contributed by atoms with Gasteiger partial charge in [-0.05, 0) is 84.9 Å². The van der Waals surface area contributed by atoms with E-state index in [1.165, 1.54) is 0 Å². The zero-order valence-electron chi connectivity index (χ0n) is 28.3. The van der Waals surface area contributed by atoms with E-state index in [4.69, 9.17) is 18.2 Å². The fraction of sp³-hybridized carbons (Fsp3) is 0. The molecule has 0 saturated carbocycles. The molecule has 6 heteroatoms. The molecule has 0 aliphatic carbocycles. The van der Waals surface area contributed by atoms with Gasteiger partial charge in [-0.1, -0.05) is 72.8 Å².